The topological polar surface area (TPSA) is 0 Å². The Balaban J connectivity index is -0.0000000700. The van der Waals surface area contributed by atoms with Gasteiger partial charge >= 0.3 is 30.2 Å². The summed E-state index contributed by atoms with van der Waals surface area (Å²) < 4.78 is 28.8. The van der Waals surface area contributed by atoms with E-state index in [0.29, 0.717) is 0 Å². The second-order valence-electron chi connectivity index (χ2n) is 4.15. The van der Waals surface area contributed by atoms with Crippen LogP contribution in [0.3, 0.4) is 0 Å². The standard InChI is InChI=1S/C8H11.C5H5.C4H9.CF3.2ClH.H2Si.Zr/c1-2-5-8-6-3-4-7-8;1-2-4-5-3-1;1-3-4-2;2-1(3)4;;;;/h6-7H,2-3,5H2,1H3;1-3H,4H2;1,3-4H2,2H3;;2*1H;1H2;/q4*-1;;;;. The van der Waals surface area contributed by atoms with Crippen LogP contribution in [-0.4, -0.2) is 6.88 Å². The number of unbranched alkanes of at least 4 members (excludes halogenated alkanes) is 1. The molecule has 0 nitrogen and oxygen atoms in total. The molecule has 0 atom stereocenters. The summed E-state index contributed by atoms with van der Waals surface area (Å²) >= 11 is 1.58. The van der Waals surface area contributed by atoms with E-state index in [9.17, 15) is 13.2 Å². The van der Waals surface area contributed by atoms with E-state index in [2.05, 4.69) is 51.2 Å². The van der Waals surface area contributed by atoms with Crippen LogP contribution in [0.2, 0.25) is 0 Å². The molecule has 2 aliphatic carbocycles. The monoisotopic (exact) mass is 490 g/mol. The zero-order valence-corrected chi connectivity index (χ0v) is 20.5. The Morgan fingerprint density at radius 1 is 1.12 bits per heavy atom. The van der Waals surface area contributed by atoms with Crippen LogP contribution in [0.15, 0.2) is 36.0 Å². The molecular weight excluding hydrogens is 463 g/mol. The van der Waals surface area contributed by atoms with Crippen LogP contribution < -0.4 is 0 Å². The number of rotatable bonds is 3. The summed E-state index contributed by atoms with van der Waals surface area (Å²) in [6.45, 7) is 6.79. The zero-order valence-electron chi connectivity index (χ0n) is 15.0. The van der Waals surface area contributed by atoms with Crippen molar-refractivity contribution in [3.05, 3.63) is 61.7 Å². The van der Waals surface area contributed by atoms with Crippen molar-refractivity contribution in [2.45, 2.75) is 52.4 Å². The van der Waals surface area contributed by atoms with Crippen molar-refractivity contribution in [2.75, 3.05) is 0 Å². The molecule has 0 saturated heterocycles. The summed E-state index contributed by atoms with van der Waals surface area (Å²) in [5.41, 5.74) is 1.47. The fourth-order valence-corrected chi connectivity index (χ4v) is 1.24. The van der Waals surface area contributed by atoms with Crippen LogP contribution in [0.5, 0.6) is 0 Å². The Hall–Kier alpha value is 0.430. The van der Waals surface area contributed by atoms with Crippen molar-refractivity contribution in [3.8, 4) is 0 Å². The Bertz CT molecular complexity index is 332. The summed E-state index contributed by atoms with van der Waals surface area (Å²) in [5, 5.41) is 0. The quantitative estimate of drug-likeness (QED) is 0.305. The zero-order chi connectivity index (χ0) is 18.3. The third kappa shape index (κ3) is 45.5. The minimum absolute atomic E-state index is 0. The first-order chi connectivity index (χ1) is 11.1. The molecule has 0 heterocycles. The second-order valence-corrected chi connectivity index (χ2v) is 4.15. The maximum absolute atomic E-state index is 9.58. The maximum atomic E-state index is 9.58. The van der Waals surface area contributed by atoms with Gasteiger partial charge in [0, 0.05) is 0 Å². The molecule has 0 saturated carbocycles. The molecule has 7 heteroatoms. The predicted molar refractivity (Wildman–Crippen MR) is 107 cm³/mol. The van der Waals surface area contributed by atoms with Gasteiger partial charge in [0.05, 0.1) is 0 Å². The van der Waals surface area contributed by atoms with E-state index in [1.807, 2.05) is 19.0 Å². The van der Waals surface area contributed by atoms with Gasteiger partial charge in [-0.25, -0.2) is 23.8 Å². The first-order valence-electron chi connectivity index (χ1n) is 7.53. The minimum atomic E-state index is -3.08. The SMILES string of the molecule is CCCC1=CC[C-]=C1.Cl.Cl.F[C-](F)F.[C-]1=CC=CC1.[CH2-]CCC.[SiH2]=[Zr]. The van der Waals surface area contributed by atoms with Crippen molar-refractivity contribution in [3.63, 3.8) is 0 Å². The van der Waals surface area contributed by atoms with E-state index < -0.39 is 6.68 Å². The fraction of sp³-hybridized carbons (Fsp3) is 0.444. The van der Waals surface area contributed by atoms with Gasteiger partial charge < -0.3 is 20.1 Å². The molecule has 2 rings (SSSR count). The normalized spacial score (nSPS) is 11.7. The summed E-state index contributed by atoms with van der Waals surface area (Å²) in [6, 6.07) is 0. The van der Waals surface area contributed by atoms with E-state index >= 15 is 0 Å². The molecule has 0 unspecified atom stereocenters. The molecule has 2 aliphatic rings. The first-order valence-corrected chi connectivity index (χ1v) is 13.5. The summed E-state index contributed by atoms with van der Waals surface area (Å²) in [5.74, 6) is 0. The molecule has 0 aromatic rings. The average molecular weight is 493 g/mol. The average Bonchev–Trinajstić information content (AvgIpc) is 3.25. The predicted octanol–water partition coefficient (Wildman–Crippen LogP) is 6.67. The van der Waals surface area contributed by atoms with Crippen LogP contribution in [0.1, 0.15) is 52.4 Å². The summed E-state index contributed by atoms with van der Waals surface area (Å²) in [6.07, 6.45) is 23.3. The molecule has 0 bridgehead atoms. The van der Waals surface area contributed by atoms with Crippen LogP contribution in [-0.2, 0) is 23.3 Å². The second kappa shape index (κ2) is 35.5. The van der Waals surface area contributed by atoms with Crippen molar-refractivity contribution in [1.82, 2.24) is 0 Å². The van der Waals surface area contributed by atoms with Gasteiger partial charge in [0.1, 0.15) is 0 Å². The molecule has 0 aromatic carbocycles. The molecule has 0 aliphatic heterocycles. The Morgan fingerprint density at radius 2 is 1.64 bits per heavy atom. The van der Waals surface area contributed by atoms with E-state index in [1.54, 1.807) is 23.3 Å². The third-order valence-corrected chi connectivity index (χ3v) is 2.25. The Kier molecular flexibility index (Phi) is 51.7. The van der Waals surface area contributed by atoms with Gasteiger partial charge in [0.2, 0.25) is 0 Å². The molecule has 0 amide bonds. The third-order valence-electron chi connectivity index (χ3n) is 2.25. The number of halogens is 5. The van der Waals surface area contributed by atoms with Crippen LogP contribution >= 0.6 is 24.8 Å². The summed E-state index contributed by atoms with van der Waals surface area (Å²) in [7, 11) is 0. The molecule has 0 N–H and O–H groups in total. The van der Waals surface area contributed by atoms with Gasteiger partial charge in [-0.05, 0) is 0 Å². The fourth-order valence-electron chi connectivity index (χ4n) is 1.24. The van der Waals surface area contributed by atoms with Crippen LogP contribution in [0, 0.1) is 25.8 Å². The molecule has 25 heavy (non-hydrogen) atoms. The van der Waals surface area contributed by atoms with Gasteiger partial charge in [-0.1, -0.05) is 33.1 Å². The van der Waals surface area contributed by atoms with E-state index in [0.717, 1.165) is 19.3 Å². The van der Waals surface area contributed by atoms with E-state index in [-0.39, 0.29) is 24.8 Å². The number of hydrogen-bond donors (Lipinski definition) is 0. The molecule has 0 aromatic heterocycles. The Labute approximate surface area is 181 Å². The van der Waals surface area contributed by atoms with E-state index in [1.165, 1.54) is 24.8 Å². The van der Waals surface area contributed by atoms with Crippen molar-refractivity contribution >= 4 is 31.7 Å². The Morgan fingerprint density at radius 3 is 1.84 bits per heavy atom. The molecule has 0 spiro atoms. The van der Waals surface area contributed by atoms with E-state index in [4.69, 9.17) is 0 Å². The van der Waals surface area contributed by atoms with Crippen LogP contribution in [0.4, 0.5) is 13.2 Å². The van der Waals surface area contributed by atoms with Crippen molar-refractivity contribution in [2.24, 2.45) is 0 Å². The number of allylic oxidation sites excluding steroid dienone is 8. The first kappa shape index (κ1) is 36.4. The molecular formula is C18H29Cl2F3SiZr-4. The van der Waals surface area contributed by atoms with Crippen molar-refractivity contribution < 1.29 is 36.5 Å². The van der Waals surface area contributed by atoms with Gasteiger partial charge in [-0.3, -0.25) is 12.2 Å². The van der Waals surface area contributed by atoms with Gasteiger partial charge in [-0.2, -0.15) is 18.6 Å². The van der Waals surface area contributed by atoms with Gasteiger partial charge in [0.15, 0.2) is 6.68 Å². The van der Waals surface area contributed by atoms with Crippen LogP contribution in [0.25, 0.3) is 0 Å². The number of hydrogen-bond acceptors (Lipinski definition) is 0. The summed E-state index contributed by atoms with van der Waals surface area (Å²) in [4.78, 5) is 0. The van der Waals surface area contributed by atoms with Crippen molar-refractivity contribution in [1.29, 1.82) is 0 Å². The van der Waals surface area contributed by atoms with Gasteiger partial charge in [-0.15, -0.1) is 37.7 Å². The van der Waals surface area contributed by atoms with Gasteiger partial charge in [0.25, 0.3) is 0 Å². The molecule has 0 radical (unpaired) electrons. The molecule has 148 valence electrons. The molecule has 0 fully saturated rings.